The summed E-state index contributed by atoms with van der Waals surface area (Å²) in [6.07, 6.45) is 2.97. The number of rotatable bonds is 7. The summed E-state index contributed by atoms with van der Waals surface area (Å²) in [7, 11) is 0. The number of hydrogen-bond donors (Lipinski definition) is 1. The van der Waals surface area contributed by atoms with Crippen molar-refractivity contribution in [2.24, 2.45) is 0 Å². The molecule has 6 heteroatoms. The highest BCUT2D eigenvalue weighted by Crippen LogP contribution is 2.00. The molecule has 0 aromatic heterocycles. The highest BCUT2D eigenvalue weighted by atomic mass is 16.7. The number of carbonyl (C=O) groups excluding carboxylic acids is 2. The van der Waals surface area contributed by atoms with Gasteiger partial charge in [0, 0.05) is 12.8 Å². The molecule has 0 aliphatic heterocycles. The lowest BCUT2D eigenvalue weighted by Crippen LogP contribution is -2.11. The Balaban J connectivity index is 0. The van der Waals surface area contributed by atoms with Gasteiger partial charge in [0.15, 0.2) is 0 Å². The van der Waals surface area contributed by atoms with E-state index in [1.807, 2.05) is 13.8 Å². The average Bonchev–Trinajstić information content (AvgIpc) is 2.34. The summed E-state index contributed by atoms with van der Waals surface area (Å²) in [5, 5.41) is 7.69. The van der Waals surface area contributed by atoms with Crippen molar-refractivity contribution in [3.05, 3.63) is 0 Å². The zero-order chi connectivity index (χ0) is 15.1. The first-order valence-corrected chi connectivity index (χ1v) is 6.57. The maximum absolute atomic E-state index is 10.9. The molecular formula is C13H24O6. The second-order valence-electron chi connectivity index (χ2n) is 3.75. The first kappa shape index (κ1) is 19.7. The van der Waals surface area contributed by atoms with Crippen LogP contribution in [0.4, 0.5) is 4.79 Å². The average molecular weight is 276 g/mol. The predicted octanol–water partition coefficient (Wildman–Crippen LogP) is 3.14. The van der Waals surface area contributed by atoms with Crippen molar-refractivity contribution >= 4 is 18.1 Å². The third-order valence-electron chi connectivity index (χ3n) is 1.96. The Bertz CT molecular complexity index is 244. The molecule has 19 heavy (non-hydrogen) atoms. The van der Waals surface area contributed by atoms with E-state index in [0.717, 1.165) is 25.7 Å². The topological polar surface area (TPSA) is 89.9 Å². The van der Waals surface area contributed by atoms with Gasteiger partial charge in [0.05, 0.1) is 6.61 Å². The van der Waals surface area contributed by atoms with Gasteiger partial charge in [-0.25, -0.2) is 4.79 Å². The monoisotopic (exact) mass is 276 g/mol. The van der Waals surface area contributed by atoms with E-state index in [-0.39, 0.29) is 18.5 Å². The van der Waals surface area contributed by atoms with Crippen LogP contribution in [0.3, 0.4) is 0 Å². The summed E-state index contributed by atoms with van der Waals surface area (Å²) in [5.74, 6) is -0.772. The minimum Gasteiger partial charge on any atom is -0.450 e. The highest BCUT2D eigenvalue weighted by molar-refractivity contribution is 5.85. The standard InChI is InChI=1S/C10H18O3.C3H6O3/c1-3-5-7-9(11)13-10(12)8-6-4-2;1-2-6-3(4)5/h3-8H2,1-2H3;2H2,1H3,(H,4,5). The predicted molar refractivity (Wildman–Crippen MR) is 69.8 cm³/mol. The van der Waals surface area contributed by atoms with Crippen LogP contribution in [0, 0.1) is 0 Å². The molecule has 0 rings (SSSR count). The third-order valence-corrected chi connectivity index (χ3v) is 1.96. The van der Waals surface area contributed by atoms with E-state index in [1.165, 1.54) is 0 Å². The number of carbonyl (C=O) groups is 3. The normalized spacial score (nSPS) is 9.00. The van der Waals surface area contributed by atoms with Gasteiger partial charge >= 0.3 is 18.1 Å². The lowest BCUT2D eigenvalue weighted by Gasteiger charge is -2.00. The van der Waals surface area contributed by atoms with Crippen LogP contribution in [0.5, 0.6) is 0 Å². The van der Waals surface area contributed by atoms with Gasteiger partial charge in [0.2, 0.25) is 0 Å². The van der Waals surface area contributed by atoms with Gasteiger partial charge in [-0.05, 0) is 19.8 Å². The van der Waals surface area contributed by atoms with Crippen molar-refractivity contribution in [3.63, 3.8) is 0 Å². The molecule has 0 aliphatic carbocycles. The van der Waals surface area contributed by atoms with E-state index in [1.54, 1.807) is 6.92 Å². The van der Waals surface area contributed by atoms with Crippen LogP contribution < -0.4 is 0 Å². The Morgan fingerprint density at radius 1 is 0.895 bits per heavy atom. The Labute approximate surface area is 114 Å². The zero-order valence-electron chi connectivity index (χ0n) is 11.9. The SMILES string of the molecule is CCCCC(=O)OC(=O)CCCC.CCOC(=O)O. The molecule has 0 aromatic rings. The van der Waals surface area contributed by atoms with E-state index in [9.17, 15) is 14.4 Å². The van der Waals surface area contributed by atoms with Crippen molar-refractivity contribution in [3.8, 4) is 0 Å². The van der Waals surface area contributed by atoms with E-state index in [0.29, 0.717) is 12.8 Å². The fourth-order valence-electron chi connectivity index (χ4n) is 0.995. The van der Waals surface area contributed by atoms with E-state index in [4.69, 9.17) is 5.11 Å². The van der Waals surface area contributed by atoms with Gasteiger partial charge < -0.3 is 14.6 Å². The fourth-order valence-corrected chi connectivity index (χ4v) is 0.995. The van der Waals surface area contributed by atoms with E-state index < -0.39 is 6.16 Å². The van der Waals surface area contributed by atoms with Crippen molar-refractivity contribution in [2.45, 2.75) is 59.3 Å². The van der Waals surface area contributed by atoms with Crippen LogP contribution in [0.1, 0.15) is 59.3 Å². The lowest BCUT2D eigenvalue weighted by molar-refractivity contribution is -0.159. The molecule has 6 nitrogen and oxygen atoms in total. The first-order chi connectivity index (χ1) is 8.97. The molecule has 0 aliphatic rings. The molecule has 0 saturated carbocycles. The van der Waals surface area contributed by atoms with Gasteiger partial charge in [-0.15, -0.1) is 0 Å². The second-order valence-corrected chi connectivity index (χ2v) is 3.75. The van der Waals surface area contributed by atoms with Crippen molar-refractivity contribution in [1.82, 2.24) is 0 Å². The summed E-state index contributed by atoms with van der Waals surface area (Å²) < 4.78 is 8.54. The number of unbranched alkanes of at least 4 members (excludes halogenated alkanes) is 2. The second kappa shape index (κ2) is 14.5. The number of ether oxygens (including phenoxy) is 2. The molecule has 112 valence electrons. The van der Waals surface area contributed by atoms with Crippen LogP contribution in [-0.2, 0) is 19.1 Å². The van der Waals surface area contributed by atoms with Crippen LogP contribution in [-0.4, -0.2) is 29.8 Å². The molecule has 0 aromatic carbocycles. The highest BCUT2D eigenvalue weighted by Gasteiger charge is 2.08. The van der Waals surface area contributed by atoms with Gasteiger partial charge in [-0.1, -0.05) is 26.7 Å². The molecule has 0 atom stereocenters. The molecule has 0 bridgehead atoms. The smallest absolute Gasteiger partial charge is 0.450 e. The summed E-state index contributed by atoms with van der Waals surface area (Å²) in [6, 6.07) is 0. The summed E-state index contributed by atoms with van der Waals surface area (Å²) in [6.45, 7) is 5.84. The number of esters is 2. The fraction of sp³-hybridized carbons (Fsp3) is 0.769. The zero-order valence-corrected chi connectivity index (χ0v) is 11.9. The van der Waals surface area contributed by atoms with Crippen LogP contribution >= 0.6 is 0 Å². The minimum absolute atomic E-state index is 0.231. The Morgan fingerprint density at radius 3 is 1.53 bits per heavy atom. The van der Waals surface area contributed by atoms with E-state index >= 15 is 0 Å². The summed E-state index contributed by atoms with van der Waals surface area (Å²) >= 11 is 0. The number of carboxylic acid groups (broad SMARTS) is 1. The molecule has 0 heterocycles. The summed E-state index contributed by atoms with van der Waals surface area (Å²) in [4.78, 5) is 31.2. The Morgan fingerprint density at radius 2 is 1.32 bits per heavy atom. The Kier molecular flexibility index (Phi) is 15.0. The molecule has 0 unspecified atom stereocenters. The van der Waals surface area contributed by atoms with E-state index in [2.05, 4.69) is 9.47 Å². The van der Waals surface area contributed by atoms with Gasteiger partial charge in [0.25, 0.3) is 0 Å². The summed E-state index contributed by atoms with van der Waals surface area (Å²) in [5.41, 5.74) is 0. The Hall–Kier alpha value is -1.59. The third kappa shape index (κ3) is 18.9. The molecule has 0 amide bonds. The first-order valence-electron chi connectivity index (χ1n) is 6.57. The molecule has 0 saturated heterocycles. The van der Waals surface area contributed by atoms with Gasteiger partial charge in [-0.2, -0.15) is 0 Å². The largest absolute Gasteiger partial charge is 0.505 e. The lowest BCUT2D eigenvalue weighted by atomic mass is 10.2. The molecule has 0 spiro atoms. The molecular weight excluding hydrogens is 252 g/mol. The van der Waals surface area contributed by atoms with Crippen molar-refractivity contribution in [1.29, 1.82) is 0 Å². The van der Waals surface area contributed by atoms with Crippen LogP contribution in [0.25, 0.3) is 0 Å². The van der Waals surface area contributed by atoms with Crippen LogP contribution in [0.15, 0.2) is 0 Å². The van der Waals surface area contributed by atoms with Gasteiger partial charge in [0.1, 0.15) is 0 Å². The maximum atomic E-state index is 10.9. The molecule has 0 radical (unpaired) electrons. The molecule has 1 N–H and O–H groups in total. The number of hydrogen-bond acceptors (Lipinski definition) is 5. The minimum atomic E-state index is -1.21. The van der Waals surface area contributed by atoms with Crippen molar-refractivity contribution < 1.29 is 29.0 Å². The maximum Gasteiger partial charge on any atom is 0.505 e. The molecule has 0 fully saturated rings. The van der Waals surface area contributed by atoms with Gasteiger partial charge in [-0.3, -0.25) is 9.59 Å². The van der Waals surface area contributed by atoms with Crippen molar-refractivity contribution in [2.75, 3.05) is 6.61 Å². The van der Waals surface area contributed by atoms with Crippen LogP contribution in [0.2, 0.25) is 0 Å². The quantitative estimate of drug-likeness (QED) is 0.567.